The van der Waals surface area contributed by atoms with E-state index in [2.05, 4.69) is 29.4 Å². The summed E-state index contributed by atoms with van der Waals surface area (Å²) in [6, 6.07) is 6.16. The normalized spacial score (nSPS) is 24.1. The highest BCUT2D eigenvalue weighted by atomic mass is 16.5. The minimum absolute atomic E-state index is 0.452. The van der Waals surface area contributed by atoms with Crippen LogP contribution in [0, 0.1) is 12.8 Å². The molecule has 0 amide bonds. The van der Waals surface area contributed by atoms with Crippen molar-refractivity contribution in [3.63, 3.8) is 0 Å². The molecule has 1 aromatic heterocycles. The molecule has 0 saturated carbocycles. The van der Waals surface area contributed by atoms with Crippen molar-refractivity contribution in [1.29, 1.82) is 0 Å². The van der Waals surface area contributed by atoms with E-state index in [9.17, 15) is 0 Å². The Morgan fingerprint density at radius 2 is 2.35 bits per heavy atom. The molecule has 0 bridgehead atoms. The minimum atomic E-state index is 0.452. The van der Waals surface area contributed by atoms with Gasteiger partial charge < -0.3 is 10.1 Å². The predicted molar refractivity (Wildman–Crippen MR) is 68.8 cm³/mol. The predicted octanol–water partition coefficient (Wildman–Crippen LogP) is 2.29. The lowest BCUT2D eigenvalue weighted by atomic mass is 10.00. The zero-order chi connectivity index (χ0) is 12.1. The van der Waals surface area contributed by atoms with Gasteiger partial charge in [0.2, 0.25) is 0 Å². The number of aryl methyl sites for hydroxylation is 1. The van der Waals surface area contributed by atoms with Crippen molar-refractivity contribution in [2.24, 2.45) is 5.92 Å². The SMILES string of the molecule is CCC1OCCC1CNCc1cccc(C)n1. The molecular weight excluding hydrogens is 212 g/mol. The third-order valence-electron chi connectivity index (χ3n) is 3.41. The fraction of sp³-hybridized carbons (Fsp3) is 0.643. The van der Waals surface area contributed by atoms with Crippen LogP contribution in [0.15, 0.2) is 18.2 Å². The van der Waals surface area contributed by atoms with E-state index in [1.54, 1.807) is 0 Å². The van der Waals surface area contributed by atoms with Crippen molar-refractivity contribution >= 4 is 0 Å². The number of hydrogen-bond acceptors (Lipinski definition) is 3. The molecule has 1 fully saturated rings. The lowest BCUT2D eigenvalue weighted by Crippen LogP contribution is -2.28. The molecule has 0 radical (unpaired) electrons. The second-order valence-electron chi connectivity index (χ2n) is 4.77. The number of pyridine rings is 1. The Labute approximate surface area is 104 Å². The van der Waals surface area contributed by atoms with Crippen LogP contribution < -0.4 is 5.32 Å². The minimum Gasteiger partial charge on any atom is -0.378 e. The number of nitrogens with zero attached hydrogens (tertiary/aromatic N) is 1. The second-order valence-corrected chi connectivity index (χ2v) is 4.77. The smallest absolute Gasteiger partial charge is 0.0613 e. The Morgan fingerprint density at radius 3 is 3.12 bits per heavy atom. The van der Waals surface area contributed by atoms with Crippen LogP contribution in [-0.2, 0) is 11.3 Å². The van der Waals surface area contributed by atoms with Crippen LogP contribution in [0.3, 0.4) is 0 Å². The van der Waals surface area contributed by atoms with Crippen molar-refractivity contribution in [2.45, 2.75) is 39.3 Å². The van der Waals surface area contributed by atoms with Gasteiger partial charge in [-0.05, 0) is 37.8 Å². The topological polar surface area (TPSA) is 34.1 Å². The molecule has 3 heteroatoms. The Bertz CT molecular complexity index is 354. The van der Waals surface area contributed by atoms with Crippen LogP contribution in [0.2, 0.25) is 0 Å². The zero-order valence-electron chi connectivity index (χ0n) is 10.8. The number of ether oxygens (including phenoxy) is 1. The first-order valence-electron chi connectivity index (χ1n) is 6.54. The summed E-state index contributed by atoms with van der Waals surface area (Å²) in [5, 5.41) is 3.49. The summed E-state index contributed by atoms with van der Waals surface area (Å²) in [5.74, 6) is 0.671. The van der Waals surface area contributed by atoms with Gasteiger partial charge in [-0.25, -0.2) is 0 Å². The van der Waals surface area contributed by atoms with Gasteiger partial charge in [-0.15, -0.1) is 0 Å². The summed E-state index contributed by atoms with van der Waals surface area (Å²) in [6.07, 6.45) is 2.76. The molecular formula is C14H22N2O. The molecule has 0 aliphatic carbocycles. The van der Waals surface area contributed by atoms with E-state index >= 15 is 0 Å². The lowest BCUT2D eigenvalue weighted by Gasteiger charge is -2.17. The average molecular weight is 234 g/mol. The molecule has 2 heterocycles. The maximum atomic E-state index is 5.68. The molecule has 2 atom stereocenters. The summed E-state index contributed by atoms with van der Waals surface area (Å²) in [6.45, 7) is 7.04. The lowest BCUT2D eigenvalue weighted by molar-refractivity contribution is 0.0872. The van der Waals surface area contributed by atoms with Crippen LogP contribution in [0.1, 0.15) is 31.2 Å². The van der Waals surface area contributed by atoms with E-state index in [0.29, 0.717) is 12.0 Å². The Kier molecular flexibility index (Phi) is 4.51. The molecule has 1 aromatic rings. The Morgan fingerprint density at radius 1 is 1.47 bits per heavy atom. The molecule has 3 nitrogen and oxygen atoms in total. The van der Waals surface area contributed by atoms with Crippen LogP contribution in [-0.4, -0.2) is 24.2 Å². The maximum Gasteiger partial charge on any atom is 0.0613 e. The van der Waals surface area contributed by atoms with Crippen LogP contribution in [0.4, 0.5) is 0 Å². The van der Waals surface area contributed by atoms with Gasteiger partial charge in [0.15, 0.2) is 0 Å². The first-order chi connectivity index (χ1) is 8.29. The largest absolute Gasteiger partial charge is 0.378 e. The van der Waals surface area contributed by atoms with E-state index in [4.69, 9.17) is 4.74 Å². The monoisotopic (exact) mass is 234 g/mol. The first kappa shape index (κ1) is 12.5. The van der Waals surface area contributed by atoms with E-state index < -0.39 is 0 Å². The number of aromatic nitrogens is 1. The standard InChI is InChI=1S/C14H22N2O/c1-3-14-12(7-8-17-14)9-15-10-13-6-4-5-11(2)16-13/h4-6,12,14-15H,3,7-10H2,1-2H3. The molecule has 1 aliphatic rings. The maximum absolute atomic E-state index is 5.68. The molecule has 2 unspecified atom stereocenters. The highest BCUT2D eigenvalue weighted by Crippen LogP contribution is 2.22. The van der Waals surface area contributed by atoms with Crippen molar-refractivity contribution in [1.82, 2.24) is 10.3 Å². The van der Waals surface area contributed by atoms with E-state index in [-0.39, 0.29) is 0 Å². The van der Waals surface area contributed by atoms with Crippen molar-refractivity contribution < 1.29 is 4.74 Å². The first-order valence-corrected chi connectivity index (χ1v) is 6.54. The van der Waals surface area contributed by atoms with Crippen molar-refractivity contribution in [3.05, 3.63) is 29.6 Å². The van der Waals surface area contributed by atoms with Crippen molar-refractivity contribution in [2.75, 3.05) is 13.2 Å². The third kappa shape index (κ3) is 3.51. The Balaban J connectivity index is 1.76. The number of nitrogens with one attached hydrogen (secondary N) is 1. The third-order valence-corrected chi connectivity index (χ3v) is 3.41. The summed E-state index contributed by atoms with van der Waals surface area (Å²) in [4.78, 5) is 4.48. The average Bonchev–Trinajstić information content (AvgIpc) is 2.77. The Hall–Kier alpha value is -0.930. The fourth-order valence-electron chi connectivity index (χ4n) is 2.46. The van der Waals surface area contributed by atoms with Gasteiger partial charge in [-0.3, -0.25) is 4.98 Å². The van der Waals surface area contributed by atoms with Crippen LogP contribution in [0.25, 0.3) is 0 Å². The quantitative estimate of drug-likeness (QED) is 0.849. The van der Waals surface area contributed by atoms with Gasteiger partial charge in [0.1, 0.15) is 0 Å². The van der Waals surface area contributed by atoms with E-state index in [0.717, 1.165) is 37.5 Å². The molecule has 1 aliphatic heterocycles. The molecule has 1 saturated heterocycles. The summed E-state index contributed by atoms with van der Waals surface area (Å²) in [5.41, 5.74) is 2.21. The zero-order valence-corrected chi connectivity index (χ0v) is 10.8. The van der Waals surface area contributed by atoms with Gasteiger partial charge in [-0.1, -0.05) is 13.0 Å². The van der Waals surface area contributed by atoms with E-state index in [1.165, 1.54) is 6.42 Å². The van der Waals surface area contributed by atoms with E-state index in [1.807, 2.05) is 13.0 Å². The van der Waals surface area contributed by atoms with Crippen LogP contribution >= 0.6 is 0 Å². The van der Waals surface area contributed by atoms with Gasteiger partial charge in [0.05, 0.1) is 11.8 Å². The van der Waals surface area contributed by atoms with Gasteiger partial charge in [0.25, 0.3) is 0 Å². The molecule has 94 valence electrons. The van der Waals surface area contributed by atoms with Gasteiger partial charge in [0, 0.05) is 25.4 Å². The highest BCUT2D eigenvalue weighted by molar-refractivity contribution is 5.09. The number of rotatable bonds is 5. The summed E-state index contributed by atoms with van der Waals surface area (Å²) >= 11 is 0. The second kappa shape index (κ2) is 6.12. The number of hydrogen-bond donors (Lipinski definition) is 1. The molecule has 17 heavy (non-hydrogen) atoms. The molecule has 2 rings (SSSR count). The van der Waals surface area contributed by atoms with Gasteiger partial charge >= 0.3 is 0 Å². The molecule has 0 aromatic carbocycles. The fourth-order valence-corrected chi connectivity index (χ4v) is 2.46. The highest BCUT2D eigenvalue weighted by Gasteiger charge is 2.25. The van der Waals surface area contributed by atoms with Crippen molar-refractivity contribution in [3.8, 4) is 0 Å². The molecule has 0 spiro atoms. The molecule has 1 N–H and O–H groups in total. The van der Waals surface area contributed by atoms with Gasteiger partial charge in [-0.2, -0.15) is 0 Å². The summed E-state index contributed by atoms with van der Waals surface area (Å²) in [7, 11) is 0. The summed E-state index contributed by atoms with van der Waals surface area (Å²) < 4.78 is 5.68. The van der Waals surface area contributed by atoms with Crippen LogP contribution in [0.5, 0.6) is 0 Å².